The van der Waals surface area contributed by atoms with E-state index in [-0.39, 0.29) is 17.3 Å². The summed E-state index contributed by atoms with van der Waals surface area (Å²) in [6.45, 7) is 2.97. The molecule has 0 saturated carbocycles. The molecule has 2 aromatic carbocycles. The van der Waals surface area contributed by atoms with Crippen LogP contribution in [0.1, 0.15) is 12.8 Å². The number of hydrogen-bond donors (Lipinski definition) is 1. The number of carbonyl (C=O) groups is 1. The SMILES string of the molecule is NC(=O)C1CCN(CCOc2ccc3c(=O)c(-c4ccc(Cl)cc4)coc3c2)CC1. The Morgan fingerprint density at radius 3 is 2.60 bits per heavy atom. The number of benzene rings is 2. The Kier molecular flexibility index (Phi) is 6.06. The van der Waals surface area contributed by atoms with Crippen molar-refractivity contribution in [3.05, 3.63) is 64.0 Å². The Labute approximate surface area is 179 Å². The molecular weight excluding hydrogens is 404 g/mol. The lowest BCUT2D eigenvalue weighted by molar-refractivity contribution is -0.123. The van der Waals surface area contributed by atoms with Crippen LogP contribution in [0.5, 0.6) is 5.75 Å². The van der Waals surface area contributed by atoms with Gasteiger partial charge in [0.1, 0.15) is 24.2 Å². The van der Waals surface area contributed by atoms with Crippen LogP contribution in [0.2, 0.25) is 5.02 Å². The van der Waals surface area contributed by atoms with Crippen LogP contribution < -0.4 is 15.9 Å². The monoisotopic (exact) mass is 426 g/mol. The molecule has 0 bridgehead atoms. The van der Waals surface area contributed by atoms with Gasteiger partial charge >= 0.3 is 0 Å². The number of primary amides is 1. The minimum atomic E-state index is -0.206. The van der Waals surface area contributed by atoms with Crippen molar-refractivity contribution < 1.29 is 13.9 Å². The molecule has 0 atom stereocenters. The number of fused-ring (bicyclic) bond motifs is 1. The number of hydrogen-bond acceptors (Lipinski definition) is 5. The molecule has 1 fully saturated rings. The third kappa shape index (κ3) is 4.50. The fourth-order valence-electron chi connectivity index (χ4n) is 3.76. The second-order valence-electron chi connectivity index (χ2n) is 7.51. The van der Waals surface area contributed by atoms with Crippen LogP contribution in [-0.4, -0.2) is 37.0 Å². The van der Waals surface area contributed by atoms with Crippen LogP contribution >= 0.6 is 11.6 Å². The van der Waals surface area contributed by atoms with Crippen LogP contribution in [0.4, 0.5) is 0 Å². The number of carbonyl (C=O) groups excluding carboxylic acids is 1. The highest BCUT2D eigenvalue weighted by molar-refractivity contribution is 6.30. The van der Waals surface area contributed by atoms with Crippen molar-refractivity contribution in [3.8, 4) is 16.9 Å². The maximum atomic E-state index is 12.8. The van der Waals surface area contributed by atoms with Crippen LogP contribution in [0.15, 0.2) is 57.9 Å². The molecule has 1 aromatic heterocycles. The zero-order valence-electron chi connectivity index (χ0n) is 16.5. The maximum Gasteiger partial charge on any atom is 0.220 e. The van der Waals surface area contributed by atoms with Crippen LogP contribution in [0.3, 0.4) is 0 Å². The number of ether oxygens (including phenoxy) is 1. The zero-order valence-corrected chi connectivity index (χ0v) is 17.2. The molecule has 30 heavy (non-hydrogen) atoms. The predicted molar refractivity (Wildman–Crippen MR) is 117 cm³/mol. The zero-order chi connectivity index (χ0) is 21.1. The minimum absolute atomic E-state index is 0.0108. The van der Waals surface area contributed by atoms with E-state index in [1.165, 1.54) is 6.26 Å². The van der Waals surface area contributed by atoms with Gasteiger partial charge in [-0.1, -0.05) is 23.7 Å². The van der Waals surface area contributed by atoms with E-state index in [0.29, 0.717) is 33.9 Å². The fraction of sp³-hybridized carbons (Fsp3) is 0.304. The topological polar surface area (TPSA) is 85.8 Å². The number of amides is 1. The minimum Gasteiger partial charge on any atom is -0.492 e. The summed E-state index contributed by atoms with van der Waals surface area (Å²) in [4.78, 5) is 26.4. The summed E-state index contributed by atoms with van der Waals surface area (Å²) < 4.78 is 11.6. The average molecular weight is 427 g/mol. The number of rotatable bonds is 6. The van der Waals surface area contributed by atoms with Crippen molar-refractivity contribution in [2.24, 2.45) is 11.7 Å². The second-order valence-corrected chi connectivity index (χ2v) is 7.95. The molecule has 3 aromatic rings. The number of nitrogens with zero attached hydrogens (tertiary/aromatic N) is 1. The molecule has 6 nitrogen and oxygen atoms in total. The van der Waals surface area contributed by atoms with E-state index in [2.05, 4.69) is 4.90 Å². The van der Waals surface area contributed by atoms with Crippen molar-refractivity contribution >= 4 is 28.5 Å². The van der Waals surface area contributed by atoms with E-state index in [9.17, 15) is 9.59 Å². The van der Waals surface area contributed by atoms with Gasteiger partial charge in [0.25, 0.3) is 0 Å². The van der Waals surface area contributed by atoms with E-state index in [1.807, 2.05) is 0 Å². The van der Waals surface area contributed by atoms with E-state index in [0.717, 1.165) is 38.0 Å². The Bertz CT molecular complexity index is 1100. The van der Waals surface area contributed by atoms with Gasteiger partial charge in [-0.25, -0.2) is 0 Å². The summed E-state index contributed by atoms with van der Waals surface area (Å²) in [7, 11) is 0. The first-order valence-corrected chi connectivity index (χ1v) is 10.3. The molecule has 1 saturated heterocycles. The molecule has 1 aliphatic rings. The lowest BCUT2D eigenvalue weighted by atomic mass is 9.96. The van der Waals surface area contributed by atoms with Crippen molar-refractivity contribution in [2.75, 3.05) is 26.2 Å². The lowest BCUT2D eigenvalue weighted by Crippen LogP contribution is -2.40. The van der Waals surface area contributed by atoms with Gasteiger partial charge in [0.2, 0.25) is 5.91 Å². The Morgan fingerprint density at radius 1 is 1.17 bits per heavy atom. The molecule has 2 N–H and O–H groups in total. The van der Waals surface area contributed by atoms with Gasteiger partial charge in [-0.2, -0.15) is 0 Å². The third-order valence-corrected chi connectivity index (χ3v) is 5.82. The summed E-state index contributed by atoms with van der Waals surface area (Å²) in [6, 6.07) is 12.3. The molecule has 2 heterocycles. The number of likely N-dealkylation sites (tertiary alicyclic amines) is 1. The van der Waals surface area contributed by atoms with Crippen molar-refractivity contribution in [2.45, 2.75) is 12.8 Å². The van der Waals surface area contributed by atoms with Crippen LogP contribution in [0.25, 0.3) is 22.1 Å². The molecule has 0 unspecified atom stereocenters. The first-order valence-electron chi connectivity index (χ1n) is 9.97. The molecule has 0 aliphatic carbocycles. The average Bonchev–Trinajstić information content (AvgIpc) is 2.75. The predicted octanol–water partition coefficient (Wildman–Crippen LogP) is 3.69. The molecule has 0 radical (unpaired) electrons. The second kappa shape index (κ2) is 8.90. The van der Waals surface area contributed by atoms with Gasteiger partial charge in [0, 0.05) is 23.6 Å². The van der Waals surface area contributed by atoms with Crippen molar-refractivity contribution in [1.29, 1.82) is 0 Å². The highest BCUT2D eigenvalue weighted by Gasteiger charge is 2.22. The molecule has 7 heteroatoms. The molecule has 4 rings (SSSR count). The summed E-state index contributed by atoms with van der Waals surface area (Å²) >= 11 is 5.92. The fourth-order valence-corrected chi connectivity index (χ4v) is 3.89. The third-order valence-electron chi connectivity index (χ3n) is 5.57. The molecule has 156 valence electrons. The highest BCUT2D eigenvalue weighted by Crippen LogP contribution is 2.24. The summed E-state index contributed by atoms with van der Waals surface area (Å²) in [5, 5.41) is 1.12. The molecule has 1 amide bonds. The van der Waals surface area contributed by atoms with E-state index >= 15 is 0 Å². The first-order chi connectivity index (χ1) is 14.5. The molecule has 0 spiro atoms. The number of piperidine rings is 1. The van der Waals surface area contributed by atoms with E-state index < -0.39 is 0 Å². The van der Waals surface area contributed by atoms with E-state index in [1.54, 1.807) is 42.5 Å². The highest BCUT2D eigenvalue weighted by atomic mass is 35.5. The normalized spacial score (nSPS) is 15.4. The van der Waals surface area contributed by atoms with Gasteiger partial charge < -0.3 is 14.9 Å². The largest absolute Gasteiger partial charge is 0.492 e. The van der Waals surface area contributed by atoms with Gasteiger partial charge in [-0.05, 0) is 55.8 Å². The Balaban J connectivity index is 1.40. The Hall–Kier alpha value is -2.83. The van der Waals surface area contributed by atoms with Gasteiger partial charge in [-0.15, -0.1) is 0 Å². The molecule has 1 aliphatic heterocycles. The smallest absolute Gasteiger partial charge is 0.220 e. The standard InChI is InChI=1S/C23H23ClN2O4/c24-17-3-1-15(2-4-17)20-14-30-21-13-18(5-6-19(21)22(20)27)29-12-11-26-9-7-16(8-10-26)23(25)28/h1-6,13-14,16H,7-12H2,(H2,25,28). The first kappa shape index (κ1) is 20.4. The maximum absolute atomic E-state index is 12.8. The Morgan fingerprint density at radius 2 is 1.90 bits per heavy atom. The number of nitrogens with two attached hydrogens (primary N) is 1. The van der Waals surface area contributed by atoms with Crippen molar-refractivity contribution in [3.63, 3.8) is 0 Å². The van der Waals surface area contributed by atoms with Crippen molar-refractivity contribution in [1.82, 2.24) is 4.90 Å². The summed E-state index contributed by atoms with van der Waals surface area (Å²) in [6.07, 6.45) is 3.07. The quantitative estimate of drug-likeness (QED) is 0.649. The van der Waals surface area contributed by atoms with Crippen LogP contribution in [0, 0.1) is 5.92 Å². The van der Waals surface area contributed by atoms with Crippen LogP contribution in [-0.2, 0) is 4.79 Å². The number of halogens is 1. The summed E-state index contributed by atoms with van der Waals surface area (Å²) in [5.74, 6) is 0.433. The van der Waals surface area contributed by atoms with E-state index in [4.69, 9.17) is 26.5 Å². The van der Waals surface area contributed by atoms with Gasteiger partial charge in [0.05, 0.1) is 10.9 Å². The van der Waals surface area contributed by atoms with Gasteiger partial charge in [0.15, 0.2) is 5.43 Å². The van der Waals surface area contributed by atoms with Gasteiger partial charge in [-0.3, -0.25) is 14.5 Å². The lowest BCUT2D eigenvalue weighted by Gasteiger charge is -2.30. The molecular formula is C23H23ClN2O4. The summed E-state index contributed by atoms with van der Waals surface area (Å²) in [5.41, 5.74) is 7.02.